The molecule has 0 aliphatic rings. The lowest BCUT2D eigenvalue weighted by molar-refractivity contribution is 0.318. The van der Waals surface area contributed by atoms with Crippen molar-refractivity contribution in [3.63, 3.8) is 0 Å². The van der Waals surface area contributed by atoms with Gasteiger partial charge in [0, 0.05) is 13.7 Å². The van der Waals surface area contributed by atoms with Crippen LogP contribution < -0.4 is 0 Å². The smallest absolute Gasteiger partial charge is 0.0402 e. The summed E-state index contributed by atoms with van der Waals surface area (Å²) in [6.07, 6.45) is 0. The average Bonchev–Trinajstić information content (AvgIpc) is 2.15. The van der Waals surface area contributed by atoms with Crippen LogP contribution in [0.3, 0.4) is 0 Å². The molecule has 0 spiro atoms. The van der Waals surface area contributed by atoms with Crippen LogP contribution in [-0.4, -0.2) is 23.9 Å². The highest BCUT2D eigenvalue weighted by Gasteiger charge is 1.83. The van der Waals surface area contributed by atoms with Crippen molar-refractivity contribution < 1.29 is 10.2 Å². The van der Waals surface area contributed by atoms with E-state index in [0.717, 1.165) is 7.11 Å². The van der Waals surface area contributed by atoms with Crippen LogP contribution in [0.1, 0.15) is 18.1 Å². The lowest BCUT2D eigenvalue weighted by Crippen LogP contribution is -1.74. The van der Waals surface area contributed by atoms with Crippen molar-refractivity contribution in [2.45, 2.75) is 20.8 Å². The van der Waals surface area contributed by atoms with Gasteiger partial charge in [-0.25, -0.2) is 0 Å². The van der Waals surface area contributed by atoms with Gasteiger partial charge in [-0.05, 0) is 31.9 Å². The Kier molecular flexibility index (Phi) is 12.6. The summed E-state index contributed by atoms with van der Waals surface area (Å²) in [6, 6.07) is 8.36. The fraction of sp³-hybridized carbons (Fsp3) is 0.455. The summed E-state index contributed by atoms with van der Waals surface area (Å²) < 4.78 is 0. The molecule has 1 rings (SSSR count). The summed E-state index contributed by atoms with van der Waals surface area (Å²) in [5.74, 6) is 0. The van der Waals surface area contributed by atoms with Crippen LogP contribution in [0.2, 0.25) is 0 Å². The van der Waals surface area contributed by atoms with Gasteiger partial charge in [-0.15, -0.1) is 0 Å². The zero-order chi connectivity index (χ0) is 10.7. The summed E-state index contributed by atoms with van der Waals surface area (Å²) in [5.41, 5.74) is 2.74. The average molecular weight is 184 g/mol. The highest BCUT2D eigenvalue weighted by atomic mass is 16.2. The van der Waals surface area contributed by atoms with Gasteiger partial charge in [0.05, 0.1) is 0 Å². The standard InChI is InChI=1S/C8H10.C2H6O.CH4O/c1-7-5-3-4-6-8(7)2;1-2-3;1-2/h3-6H,1-2H3;3H,2H2,1H3;2H,1H3. The molecular weight excluding hydrogens is 164 g/mol. The predicted octanol–water partition coefficient (Wildman–Crippen LogP) is 1.91. The summed E-state index contributed by atoms with van der Waals surface area (Å²) >= 11 is 0. The SMILES string of the molecule is CCO.CO.Cc1ccccc1C. The predicted molar refractivity (Wildman–Crippen MR) is 56.8 cm³/mol. The molecule has 0 heterocycles. The van der Waals surface area contributed by atoms with Crippen LogP contribution in [0, 0.1) is 13.8 Å². The van der Waals surface area contributed by atoms with Gasteiger partial charge in [-0.1, -0.05) is 24.3 Å². The first-order chi connectivity index (χ1) is 6.22. The van der Waals surface area contributed by atoms with Crippen molar-refractivity contribution in [1.82, 2.24) is 0 Å². The van der Waals surface area contributed by atoms with Crippen molar-refractivity contribution in [3.05, 3.63) is 35.4 Å². The number of hydrogen-bond acceptors (Lipinski definition) is 2. The minimum absolute atomic E-state index is 0.250. The normalized spacial score (nSPS) is 7.54. The third kappa shape index (κ3) is 9.05. The Bertz CT molecular complexity index is 176. The first kappa shape index (κ1) is 14.7. The zero-order valence-electron chi connectivity index (χ0n) is 8.91. The van der Waals surface area contributed by atoms with Gasteiger partial charge in [-0.2, -0.15) is 0 Å². The monoisotopic (exact) mass is 184 g/mol. The van der Waals surface area contributed by atoms with E-state index in [2.05, 4.69) is 38.1 Å². The Morgan fingerprint density at radius 1 is 1.00 bits per heavy atom. The minimum atomic E-state index is 0.250. The summed E-state index contributed by atoms with van der Waals surface area (Å²) in [7, 11) is 1.00. The molecule has 1 aromatic carbocycles. The highest BCUT2D eigenvalue weighted by molar-refractivity contribution is 5.23. The van der Waals surface area contributed by atoms with E-state index < -0.39 is 0 Å². The van der Waals surface area contributed by atoms with Crippen LogP contribution >= 0.6 is 0 Å². The van der Waals surface area contributed by atoms with Gasteiger partial charge in [-0.3, -0.25) is 0 Å². The van der Waals surface area contributed by atoms with Crippen molar-refractivity contribution in [2.75, 3.05) is 13.7 Å². The molecule has 0 bridgehead atoms. The Balaban J connectivity index is 0. The molecule has 2 nitrogen and oxygen atoms in total. The van der Waals surface area contributed by atoms with E-state index in [1.807, 2.05) is 0 Å². The van der Waals surface area contributed by atoms with E-state index in [-0.39, 0.29) is 6.61 Å². The summed E-state index contributed by atoms with van der Waals surface area (Å²) in [6.45, 7) is 6.17. The van der Waals surface area contributed by atoms with Crippen LogP contribution in [0.15, 0.2) is 24.3 Å². The third-order valence-electron chi connectivity index (χ3n) is 1.43. The zero-order valence-corrected chi connectivity index (χ0v) is 8.91. The van der Waals surface area contributed by atoms with Gasteiger partial charge in [0.15, 0.2) is 0 Å². The molecule has 0 aliphatic heterocycles. The Hall–Kier alpha value is -0.860. The van der Waals surface area contributed by atoms with Crippen molar-refractivity contribution in [2.24, 2.45) is 0 Å². The summed E-state index contributed by atoms with van der Waals surface area (Å²) in [5, 5.41) is 14.6. The minimum Gasteiger partial charge on any atom is -0.400 e. The topological polar surface area (TPSA) is 40.5 Å². The Morgan fingerprint density at radius 3 is 1.38 bits per heavy atom. The molecule has 0 saturated carbocycles. The highest BCUT2D eigenvalue weighted by Crippen LogP contribution is 2.02. The number of aryl methyl sites for hydroxylation is 2. The van der Waals surface area contributed by atoms with Crippen molar-refractivity contribution in [3.8, 4) is 0 Å². The van der Waals surface area contributed by atoms with Crippen molar-refractivity contribution >= 4 is 0 Å². The van der Waals surface area contributed by atoms with Gasteiger partial charge in [0.25, 0.3) is 0 Å². The van der Waals surface area contributed by atoms with E-state index in [4.69, 9.17) is 10.2 Å². The maximum absolute atomic E-state index is 7.57. The van der Waals surface area contributed by atoms with Crippen molar-refractivity contribution in [1.29, 1.82) is 0 Å². The quantitative estimate of drug-likeness (QED) is 0.646. The molecule has 0 amide bonds. The molecule has 0 aromatic heterocycles. The molecule has 0 aliphatic carbocycles. The van der Waals surface area contributed by atoms with Gasteiger partial charge >= 0.3 is 0 Å². The molecule has 0 fully saturated rings. The molecular formula is C11H20O2. The third-order valence-corrected chi connectivity index (χ3v) is 1.43. The largest absolute Gasteiger partial charge is 0.400 e. The van der Waals surface area contributed by atoms with Gasteiger partial charge in [0.1, 0.15) is 0 Å². The second-order valence-corrected chi connectivity index (χ2v) is 2.40. The lowest BCUT2D eigenvalue weighted by atomic mass is 10.1. The number of benzene rings is 1. The molecule has 0 saturated heterocycles. The molecule has 0 atom stereocenters. The fourth-order valence-electron chi connectivity index (χ4n) is 0.663. The molecule has 2 N–H and O–H groups in total. The van der Waals surface area contributed by atoms with Crippen LogP contribution in [0.4, 0.5) is 0 Å². The number of aliphatic hydroxyl groups excluding tert-OH is 2. The van der Waals surface area contributed by atoms with Gasteiger partial charge < -0.3 is 10.2 Å². The van der Waals surface area contributed by atoms with E-state index in [1.54, 1.807) is 6.92 Å². The Morgan fingerprint density at radius 2 is 1.23 bits per heavy atom. The number of hydrogen-bond donors (Lipinski definition) is 2. The number of rotatable bonds is 0. The first-order valence-electron chi connectivity index (χ1n) is 4.30. The molecule has 13 heavy (non-hydrogen) atoms. The van der Waals surface area contributed by atoms with Crippen LogP contribution in [0.25, 0.3) is 0 Å². The molecule has 2 heteroatoms. The molecule has 1 aromatic rings. The second kappa shape index (κ2) is 11.1. The first-order valence-corrected chi connectivity index (χ1v) is 4.30. The number of aliphatic hydroxyl groups is 2. The molecule has 0 radical (unpaired) electrons. The van der Waals surface area contributed by atoms with Gasteiger partial charge in [0.2, 0.25) is 0 Å². The fourth-order valence-corrected chi connectivity index (χ4v) is 0.663. The van der Waals surface area contributed by atoms with E-state index >= 15 is 0 Å². The van der Waals surface area contributed by atoms with E-state index in [0.29, 0.717) is 0 Å². The van der Waals surface area contributed by atoms with Crippen LogP contribution in [0.5, 0.6) is 0 Å². The van der Waals surface area contributed by atoms with E-state index in [9.17, 15) is 0 Å². The van der Waals surface area contributed by atoms with Crippen LogP contribution in [-0.2, 0) is 0 Å². The summed E-state index contributed by atoms with van der Waals surface area (Å²) in [4.78, 5) is 0. The van der Waals surface area contributed by atoms with E-state index in [1.165, 1.54) is 11.1 Å². The molecule has 76 valence electrons. The Labute approximate surface area is 80.9 Å². The lowest BCUT2D eigenvalue weighted by Gasteiger charge is -1.93. The molecule has 0 unspecified atom stereocenters. The maximum Gasteiger partial charge on any atom is 0.0402 e. The maximum atomic E-state index is 7.57. The second-order valence-electron chi connectivity index (χ2n) is 2.40.